The summed E-state index contributed by atoms with van der Waals surface area (Å²) in [5, 5.41) is 0.479. The lowest BCUT2D eigenvalue weighted by Gasteiger charge is -2.36. The van der Waals surface area contributed by atoms with E-state index in [-0.39, 0.29) is 17.9 Å². The fourth-order valence-corrected chi connectivity index (χ4v) is 4.10. The number of rotatable bonds is 5. The second kappa shape index (κ2) is 9.20. The second-order valence-corrected chi connectivity index (χ2v) is 7.99. The molecule has 1 fully saturated rings. The molecule has 2 heterocycles. The number of amides is 1. The van der Waals surface area contributed by atoms with Gasteiger partial charge >= 0.3 is 0 Å². The maximum Gasteiger partial charge on any atom is 0.260 e. The minimum absolute atomic E-state index is 0.0521. The Bertz CT molecular complexity index is 1310. The summed E-state index contributed by atoms with van der Waals surface area (Å²) in [5.41, 5.74) is 2.84. The lowest BCUT2D eigenvalue weighted by Crippen LogP contribution is -2.50. The van der Waals surface area contributed by atoms with Crippen molar-refractivity contribution in [2.75, 3.05) is 37.7 Å². The van der Waals surface area contributed by atoms with Gasteiger partial charge in [-0.05, 0) is 29.8 Å². The standard InChI is InChI=1S/C27H24N2O4/c30-26(29-15-13-28(14-16-29)21-9-5-2-6-10-21)19-32-22-11-12-23-25(17-22)33-18-24(27(23)31)20-7-3-1-4-8-20/h1-12,17-18H,13-16,19H2. The summed E-state index contributed by atoms with van der Waals surface area (Å²) in [6.07, 6.45) is 1.47. The Labute approximate surface area is 191 Å². The van der Waals surface area contributed by atoms with Crippen LogP contribution < -0.4 is 15.1 Å². The van der Waals surface area contributed by atoms with Crippen LogP contribution >= 0.6 is 0 Å². The predicted molar refractivity (Wildman–Crippen MR) is 129 cm³/mol. The van der Waals surface area contributed by atoms with Gasteiger partial charge in [0.15, 0.2) is 12.0 Å². The molecule has 0 aliphatic carbocycles. The van der Waals surface area contributed by atoms with E-state index in [1.54, 1.807) is 18.2 Å². The lowest BCUT2D eigenvalue weighted by molar-refractivity contribution is -0.133. The number of piperazine rings is 1. The zero-order valence-corrected chi connectivity index (χ0v) is 18.1. The van der Waals surface area contributed by atoms with E-state index in [0.29, 0.717) is 35.4 Å². The Morgan fingerprint density at radius 2 is 1.58 bits per heavy atom. The van der Waals surface area contributed by atoms with Crippen LogP contribution in [0.1, 0.15) is 0 Å². The molecule has 0 radical (unpaired) electrons. The SMILES string of the molecule is O=C(COc1ccc2c(=O)c(-c3ccccc3)coc2c1)N1CCN(c2ccccc2)CC1. The lowest BCUT2D eigenvalue weighted by atomic mass is 10.1. The number of para-hydroxylation sites is 1. The van der Waals surface area contributed by atoms with Gasteiger partial charge < -0.3 is 19.0 Å². The highest BCUT2D eigenvalue weighted by Crippen LogP contribution is 2.23. The number of ether oxygens (including phenoxy) is 1. The van der Waals surface area contributed by atoms with Gasteiger partial charge in [0, 0.05) is 37.9 Å². The number of carbonyl (C=O) groups excluding carboxylic acids is 1. The molecule has 1 saturated heterocycles. The van der Waals surface area contributed by atoms with E-state index >= 15 is 0 Å². The van der Waals surface area contributed by atoms with E-state index < -0.39 is 0 Å². The molecule has 1 aliphatic heterocycles. The molecule has 0 bridgehead atoms. The van der Waals surface area contributed by atoms with Gasteiger partial charge in [-0.15, -0.1) is 0 Å². The topological polar surface area (TPSA) is 63.0 Å². The first kappa shape index (κ1) is 20.8. The zero-order valence-electron chi connectivity index (χ0n) is 18.1. The van der Waals surface area contributed by atoms with Gasteiger partial charge in [0.25, 0.3) is 5.91 Å². The van der Waals surface area contributed by atoms with Crippen LogP contribution in [0, 0.1) is 0 Å². The van der Waals surface area contributed by atoms with Crippen molar-refractivity contribution in [2.24, 2.45) is 0 Å². The molecule has 0 saturated carbocycles. The highest BCUT2D eigenvalue weighted by atomic mass is 16.5. The number of anilines is 1. The van der Waals surface area contributed by atoms with Gasteiger partial charge in [0.2, 0.25) is 0 Å². The summed E-state index contributed by atoms with van der Waals surface area (Å²) in [6, 6.07) is 24.7. The highest BCUT2D eigenvalue weighted by molar-refractivity contribution is 5.83. The average Bonchev–Trinajstić information content (AvgIpc) is 2.88. The number of fused-ring (bicyclic) bond motifs is 1. The van der Waals surface area contributed by atoms with Crippen LogP contribution in [-0.4, -0.2) is 43.6 Å². The van der Waals surface area contributed by atoms with E-state index in [9.17, 15) is 9.59 Å². The van der Waals surface area contributed by atoms with Crippen molar-refractivity contribution in [3.63, 3.8) is 0 Å². The van der Waals surface area contributed by atoms with Crippen molar-refractivity contribution >= 4 is 22.6 Å². The van der Waals surface area contributed by atoms with Gasteiger partial charge in [-0.25, -0.2) is 0 Å². The molecule has 1 aromatic heterocycles. The third-order valence-electron chi connectivity index (χ3n) is 5.95. The molecular weight excluding hydrogens is 416 g/mol. The summed E-state index contributed by atoms with van der Waals surface area (Å²) in [7, 11) is 0. The molecule has 0 unspecified atom stereocenters. The van der Waals surface area contributed by atoms with E-state index in [1.165, 1.54) is 12.0 Å². The third-order valence-corrected chi connectivity index (χ3v) is 5.95. The summed E-state index contributed by atoms with van der Waals surface area (Å²) >= 11 is 0. The summed E-state index contributed by atoms with van der Waals surface area (Å²) in [4.78, 5) is 29.6. The minimum Gasteiger partial charge on any atom is -0.484 e. The number of benzene rings is 3. The first-order valence-corrected chi connectivity index (χ1v) is 11.0. The number of nitrogens with zero attached hydrogens (tertiary/aromatic N) is 2. The summed E-state index contributed by atoms with van der Waals surface area (Å²) in [5.74, 6) is 0.443. The zero-order chi connectivity index (χ0) is 22.6. The minimum atomic E-state index is -0.0960. The molecule has 1 aliphatic rings. The van der Waals surface area contributed by atoms with Crippen molar-refractivity contribution in [3.8, 4) is 16.9 Å². The predicted octanol–water partition coefficient (Wildman–Crippen LogP) is 4.19. The molecule has 3 aromatic carbocycles. The second-order valence-electron chi connectivity index (χ2n) is 7.99. The maximum absolute atomic E-state index is 12.9. The molecule has 5 rings (SSSR count). The normalized spacial score (nSPS) is 13.8. The molecule has 166 valence electrons. The molecule has 1 amide bonds. The summed E-state index contributed by atoms with van der Waals surface area (Å²) in [6.45, 7) is 2.85. The maximum atomic E-state index is 12.9. The Morgan fingerprint density at radius 1 is 0.879 bits per heavy atom. The Kier molecular flexibility index (Phi) is 5.81. The van der Waals surface area contributed by atoms with Crippen molar-refractivity contribution < 1.29 is 13.9 Å². The van der Waals surface area contributed by atoms with Crippen LogP contribution in [0.25, 0.3) is 22.1 Å². The van der Waals surface area contributed by atoms with E-state index in [2.05, 4.69) is 17.0 Å². The van der Waals surface area contributed by atoms with E-state index in [1.807, 2.05) is 53.4 Å². The average molecular weight is 440 g/mol. The molecule has 0 spiro atoms. The number of carbonyl (C=O) groups is 1. The highest BCUT2D eigenvalue weighted by Gasteiger charge is 2.21. The Hall–Kier alpha value is -4.06. The van der Waals surface area contributed by atoms with E-state index in [4.69, 9.17) is 9.15 Å². The quantitative estimate of drug-likeness (QED) is 0.466. The van der Waals surface area contributed by atoms with Crippen LogP contribution in [0.4, 0.5) is 5.69 Å². The van der Waals surface area contributed by atoms with Crippen molar-refractivity contribution in [1.29, 1.82) is 0 Å². The fourth-order valence-electron chi connectivity index (χ4n) is 4.10. The largest absolute Gasteiger partial charge is 0.484 e. The molecule has 33 heavy (non-hydrogen) atoms. The molecule has 6 heteroatoms. The van der Waals surface area contributed by atoms with Crippen LogP contribution in [0.3, 0.4) is 0 Å². The van der Waals surface area contributed by atoms with Crippen molar-refractivity contribution in [3.05, 3.63) is 95.3 Å². The molecule has 4 aromatic rings. The molecular formula is C27H24N2O4. The van der Waals surface area contributed by atoms with Gasteiger partial charge in [0.1, 0.15) is 17.6 Å². The smallest absolute Gasteiger partial charge is 0.260 e. The molecule has 6 nitrogen and oxygen atoms in total. The number of hydrogen-bond donors (Lipinski definition) is 0. The monoisotopic (exact) mass is 440 g/mol. The third kappa shape index (κ3) is 4.46. The number of hydrogen-bond acceptors (Lipinski definition) is 5. The van der Waals surface area contributed by atoms with Crippen LogP contribution in [0.5, 0.6) is 5.75 Å². The molecule has 0 N–H and O–H groups in total. The molecule has 0 atom stereocenters. The summed E-state index contributed by atoms with van der Waals surface area (Å²) < 4.78 is 11.4. The van der Waals surface area contributed by atoms with Crippen molar-refractivity contribution in [1.82, 2.24) is 4.90 Å². The van der Waals surface area contributed by atoms with Crippen LogP contribution in [0.2, 0.25) is 0 Å². The van der Waals surface area contributed by atoms with Gasteiger partial charge in [-0.3, -0.25) is 9.59 Å². The van der Waals surface area contributed by atoms with E-state index in [0.717, 1.165) is 18.7 Å². The van der Waals surface area contributed by atoms with Gasteiger partial charge in [-0.2, -0.15) is 0 Å². The van der Waals surface area contributed by atoms with Crippen LogP contribution in [-0.2, 0) is 4.79 Å². The van der Waals surface area contributed by atoms with Gasteiger partial charge in [0.05, 0.1) is 10.9 Å². The van der Waals surface area contributed by atoms with Crippen molar-refractivity contribution in [2.45, 2.75) is 0 Å². The first-order chi connectivity index (χ1) is 16.2. The van der Waals surface area contributed by atoms with Gasteiger partial charge in [-0.1, -0.05) is 48.5 Å². The fraction of sp³-hybridized carbons (Fsp3) is 0.185. The first-order valence-electron chi connectivity index (χ1n) is 11.0. The Morgan fingerprint density at radius 3 is 2.30 bits per heavy atom. The van der Waals surface area contributed by atoms with Crippen LogP contribution in [0.15, 0.2) is 94.3 Å². The Balaban J connectivity index is 1.22.